The maximum absolute atomic E-state index is 11.9. The molecule has 86 valence electrons. The summed E-state index contributed by atoms with van der Waals surface area (Å²) in [6, 6.07) is 6.89. The van der Waals surface area contributed by atoms with Gasteiger partial charge in [-0.1, -0.05) is 6.07 Å². The van der Waals surface area contributed by atoms with E-state index < -0.39 is 12.7 Å². The summed E-state index contributed by atoms with van der Waals surface area (Å²) < 4.78 is 35.6. The van der Waals surface area contributed by atoms with Gasteiger partial charge in [-0.25, -0.2) is 0 Å². The van der Waals surface area contributed by atoms with E-state index in [1.54, 1.807) is 25.1 Å². The van der Waals surface area contributed by atoms with Crippen molar-refractivity contribution in [1.82, 2.24) is 5.32 Å². The van der Waals surface area contributed by atoms with Gasteiger partial charge in [0, 0.05) is 6.54 Å². The molecule has 1 rings (SSSR count). The minimum Gasteiger partial charge on any atom is -0.305 e. The molecular weight excluding hydrogens is 217 g/mol. The Bertz CT molecular complexity index is 405. The molecule has 0 fully saturated rings. The number of hydrogen-bond donors (Lipinski definition) is 1. The topological polar surface area (TPSA) is 35.8 Å². The zero-order chi connectivity index (χ0) is 12.2. The zero-order valence-corrected chi connectivity index (χ0v) is 8.73. The molecule has 0 atom stereocenters. The standard InChI is InChI=1S/C11H11F3N2/c1-8-4-9(5-15)2-3-10(8)6-16-7-11(12,13)14/h2-4,16H,6-7H2,1H3. The molecular formula is C11H11F3N2. The lowest BCUT2D eigenvalue weighted by Gasteiger charge is -2.10. The van der Waals surface area contributed by atoms with Gasteiger partial charge in [0.05, 0.1) is 18.2 Å². The number of alkyl halides is 3. The highest BCUT2D eigenvalue weighted by Crippen LogP contribution is 2.14. The van der Waals surface area contributed by atoms with Crippen LogP contribution in [0.2, 0.25) is 0 Å². The van der Waals surface area contributed by atoms with Crippen LogP contribution in [0.25, 0.3) is 0 Å². The summed E-state index contributed by atoms with van der Waals surface area (Å²) in [5, 5.41) is 10.9. The molecule has 0 aromatic heterocycles. The van der Waals surface area contributed by atoms with Crippen LogP contribution in [-0.2, 0) is 6.54 Å². The van der Waals surface area contributed by atoms with Crippen molar-refractivity contribution in [3.63, 3.8) is 0 Å². The molecule has 0 heterocycles. The Hall–Kier alpha value is -1.54. The van der Waals surface area contributed by atoms with Crippen LogP contribution in [0.15, 0.2) is 18.2 Å². The van der Waals surface area contributed by atoms with E-state index in [0.29, 0.717) is 5.56 Å². The smallest absolute Gasteiger partial charge is 0.305 e. The summed E-state index contributed by atoms with van der Waals surface area (Å²) in [5.74, 6) is 0. The van der Waals surface area contributed by atoms with Crippen LogP contribution >= 0.6 is 0 Å². The first kappa shape index (κ1) is 12.5. The fraction of sp³-hybridized carbons (Fsp3) is 0.364. The lowest BCUT2D eigenvalue weighted by atomic mass is 10.1. The second-order valence-corrected chi connectivity index (χ2v) is 3.47. The molecule has 0 saturated carbocycles. The number of halogens is 3. The molecule has 0 unspecified atom stereocenters. The molecule has 2 nitrogen and oxygen atoms in total. The van der Waals surface area contributed by atoms with Gasteiger partial charge in [-0.2, -0.15) is 18.4 Å². The van der Waals surface area contributed by atoms with Gasteiger partial charge in [-0.15, -0.1) is 0 Å². The lowest BCUT2D eigenvalue weighted by Crippen LogP contribution is -2.28. The average molecular weight is 228 g/mol. The quantitative estimate of drug-likeness (QED) is 0.862. The van der Waals surface area contributed by atoms with Crippen LogP contribution < -0.4 is 5.32 Å². The molecule has 5 heteroatoms. The lowest BCUT2D eigenvalue weighted by molar-refractivity contribution is -0.125. The molecule has 0 aliphatic rings. The number of nitrogens with one attached hydrogen (secondary N) is 1. The van der Waals surface area contributed by atoms with E-state index in [9.17, 15) is 13.2 Å². The van der Waals surface area contributed by atoms with E-state index in [2.05, 4.69) is 5.32 Å². The highest BCUT2D eigenvalue weighted by Gasteiger charge is 2.26. The third-order valence-corrected chi connectivity index (χ3v) is 2.11. The van der Waals surface area contributed by atoms with E-state index >= 15 is 0 Å². The van der Waals surface area contributed by atoms with E-state index in [-0.39, 0.29) is 6.54 Å². The van der Waals surface area contributed by atoms with Crippen LogP contribution in [-0.4, -0.2) is 12.7 Å². The summed E-state index contributed by atoms with van der Waals surface area (Å²) in [7, 11) is 0. The van der Waals surface area contributed by atoms with Crippen molar-refractivity contribution in [2.24, 2.45) is 0 Å². The highest BCUT2D eigenvalue weighted by atomic mass is 19.4. The van der Waals surface area contributed by atoms with Crippen molar-refractivity contribution in [2.45, 2.75) is 19.6 Å². The maximum atomic E-state index is 11.9. The number of rotatable bonds is 3. The summed E-state index contributed by atoms with van der Waals surface area (Å²) in [5.41, 5.74) is 2.09. The summed E-state index contributed by atoms with van der Waals surface area (Å²) in [6.45, 7) is 0.912. The van der Waals surface area contributed by atoms with Crippen molar-refractivity contribution in [2.75, 3.05) is 6.54 Å². The summed E-state index contributed by atoms with van der Waals surface area (Å²) in [6.07, 6.45) is -4.19. The minimum absolute atomic E-state index is 0.150. The molecule has 0 spiro atoms. The normalized spacial score (nSPS) is 11.2. The second-order valence-electron chi connectivity index (χ2n) is 3.47. The first-order chi connectivity index (χ1) is 7.42. The fourth-order valence-electron chi connectivity index (χ4n) is 1.30. The second kappa shape index (κ2) is 4.99. The molecule has 0 bridgehead atoms. The van der Waals surface area contributed by atoms with E-state index in [1.165, 1.54) is 0 Å². The monoisotopic (exact) mass is 228 g/mol. The molecule has 1 aromatic rings. The third kappa shape index (κ3) is 3.91. The first-order valence-electron chi connectivity index (χ1n) is 4.69. The molecule has 0 aliphatic carbocycles. The van der Waals surface area contributed by atoms with Crippen LogP contribution in [0.5, 0.6) is 0 Å². The zero-order valence-electron chi connectivity index (χ0n) is 8.73. The van der Waals surface area contributed by atoms with Crippen LogP contribution in [0.3, 0.4) is 0 Å². The van der Waals surface area contributed by atoms with Crippen molar-refractivity contribution in [3.8, 4) is 6.07 Å². The van der Waals surface area contributed by atoms with Gasteiger partial charge in [0.1, 0.15) is 0 Å². The first-order valence-corrected chi connectivity index (χ1v) is 4.69. The van der Waals surface area contributed by atoms with Gasteiger partial charge >= 0.3 is 6.18 Å². The molecule has 0 radical (unpaired) electrons. The Morgan fingerprint density at radius 3 is 2.56 bits per heavy atom. The number of aryl methyl sites for hydroxylation is 1. The Morgan fingerprint density at radius 2 is 2.06 bits per heavy atom. The van der Waals surface area contributed by atoms with Crippen molar-refractivity contribution in [1.29, 1.82) is 5.26 Å². The molecule has 1 aromatic carbocycles. The van der Waals surface area contributed by atoms with E-state index in [0.717, 1.165) is 11.1 Å². The molecule has 1 N–H and O–H groups in total. The van der Waals surface area contributed by atoms with Crippen molar-refractivity contribution >= 4 is 0 Å². The Balaban J connectivity index is 2.59. The highest BCUT2D eigenvalue weighted by molar-refractivity contribution is 5.37. The van der Waals surface area contributed by atoms with Gasteiger partial charge in [0.15, 0.2) is 0 Å². The minimum atomic E-state index is -4.19. The summed E-state index contributed by atoms with van der Waals surface area (Å²) >= 11 is 0. The molecule has 0 saturated heterocycles. The summed E-state index contributed by atoms with van der Waals surface area (Å²) in [4.78, 5) is 0. The van der Waals surface area contributed by atoms with E-state index in [4.69, 9.17) is 5.26 Å². The van der Waals surface area contributed by atoms with Gasteiger partial charge < -0.3 is 5.32 Å². The molecule has 0 amide bonds. The van der Waals surface area contributed by atoms with Gasteiger partial charge in [0.25, 0.3) is 0 Å². The van der Waals surface area contributed by atoms with E-state index in [1.807, 2.05) is 6.07 Å². The average Bonchev–Trinajstić information content (AvgIpc) is 2.18. The van der Waals surface area contributed by atoms with Crippen LogP contribution in [0.4, 0.5) is 13.2 Å². The maximum Gasteiger partial charge on any atom is 0.401 e. The van der Waals surface area contributed by atoms with Crippen LogP contribution in [0, 0.1) is 18.3 Å². The Morgan fingerprint density at radius 1 is 1.38 bits per heavy atom. The van der Waals surface area contributed by atoms with Crippen LogP contribution in [0.1, 0.15) is 16.7 Å². The number of nitriles is 1. The third-order valence-electron chi connectivity index (χ3n) is 2.11. The predicted molar refractivity (Wildman–Crippen MR) is 53.7 cm³/mol. The van der Waals surface area contributed by atoms with Gasteiger partial charge in [-0.3, -0.25) is 0 Å². The SMILES string of the molecule is Cc1cc(C#N)ccc1CNCC(F)(F)F. The van der Waals surface area contributed by atoms with Gasteiger partial charge in [0.2, 0.25) is 0 Å². The Labute approximate surface area is 91.7 Å². The molecule has 16 heavy (non-hydrogen) atoms. The van der Waals surface area contributed by atoms with Crippen molar-refractivity contribution in [3.05, 3.63) is 34.9 Å². The van der Waals surface area contributed by atoms with Crippen molar-refractivity contribution < 1.29 is 13.2 Å². The number of nitrogens with zero attached hydrogens (tertiary/aromatic N) is 1. The largest absolute Gasteiger partial charge is 0.401 e. The molecule has 0 aliphatic heterocycles. The Kier molecular flexibility index (Phi) is 3.91. The van der Waals surface area contributed by atoms with Gasteiger partial charge in [-0.05, 0) is 30.2 Å². The predicted octanol–water partition coefficient (Wildman–Crippen LogP) is 2.52. The number of hydrogen-bond acceptors (Lipinski definition) is 2. The fourth-order valence-corrected chi connectivity index (χ4v) is 1.30. The number of benzene rings is 1.